The van der Waals surface area contributed by atoms with Crippen LogP contribution >= 0.6 is 0 Å². The zero-order valence-electron chi connectivity index (χ0n) is 23.0. The van der Waals surface area contributed by atoms with Crippen LogP contribution in [0.4, 0.5) is 4.79 Å². The van der Waals surface area contributed by atoms with E-state index in [-0.39, 0.29) is 31.4 Å². The molecule has 0 radical (unpaired) electrons. The zero-order chi connectivity index (χ0) is 29.7. The second-order valence-electron chi connectivity index (χ2n) is 10.5. The quantitative estimate of drug-likeness (QED) is 0.323. The molecule has 4 N–H and O–H groups in total. The van der Waals surface area contributed by atoms with Gasteiger partial charge in [-0.25, -0.2) is 9.59 Å². The smallest absolute Gasteiger partial charge is 0.407 e. The lowest BCUT2D eigenvalue weighted by molar-refractivity contribution is -0.147. The number of rotatable bonds is 11. The third-order valence-corrected chi connectivity index (χ3v) is 7.93. The van der Waals surface area contributed by atoms with Crippen molar-refractivity contribution in [3.8, 4) is 11.1 Å². The van der Waals surface area contributed by atoms with E-state index in [9.17, 15) is 34.2 Å². The Hall–Kier alpha value is -4.41. The minimum atomic E-state index is -1.47. The molecule has 4 atom stereocenters. The molecule has 11 heteroatoms. The van der Waals surface area contributed by atoms with Crippen LogP contribution in [0.15, 0.2) is 48.5 Å². The number of carboxylic acids is 2. The summed E-state index contributed by atoms with van der Waals surface area (Å²) in [6.07, 6.45) is -0.382. The number of aliphatic carboxylic acids is 2. The fourth-order valence-electron chi connectivity index (χ4n) is 5.59. The number of nitrogens with zero attached hydrogens (tertiary/aromatic N) is 1. The molecule has 2 aromatic carbocycles. The van der Waals surface area contributed by atoms with Gasteiger partial charge in [0.1, 0.15) is 24.7 Å². The third-order valence-electron chi connectivity index (χ3n) is 7.93. The maximum atomic E-state index is 13.4. The normalized spacial score (nSPS) is 18.0. The maximum absolute atomic E-state index is 13.4. The lowest BCUT2D eigenvalue weighted by Gasteiger charge is -2.29. The molecule has 41 heavy (non-hydrogen) atoms. The number of likely N-dealkylation sites (tertiary alicyclic amines) is 1. The molecule has 1 saturated heterocycles. The predicted octanol–water partition coefficient (Wildman–Crippen LogP) is 2.97. The van der Waals surface area contributed by atoms with E-state index < -0.39 is 54.4 Å². The minimum Gasteiger partial charge on any atom is -0.481 e. The number of hydrogen-bond donors (Lipinski definition) is 4. The Morgan fingerprint density at radius 2 is 1.59 bits per heavy atom. The van der Waals surface area contributed by atoms with Crippen molar-refractivity contribution >= 4 is 29.8 Å². The third kappa shape index (κ3) is 6.50. The summed E-state index contributed by atoms with van der Waals surface area (Å²) in [6, 6.07) is 12.0. The number of ether oxygens (including phenoxy) is 1. The summed E-state index contributed by atoms with van der Waals surface area (Å²) in [5, 5.41) is 23.9. The second kappa shape index (κ2) is 12.8. The maximum Gasteiger partial charge on any atom is 0.407 e. The van der Waals surface area contributed by atoms with Gasteiger partial charge in [-0.15, -0.1) is 0 Å². The Morgan fingerprint density at radius 3 is 2.15 bits per heavy atom. The number of carboxylic acid groups (broad SMARTS) is 2. The van der Waals surface area contributed by atoms with Crippen LogP contribution in [-0.2, 0) is 23.9 Å². The van der Waals surface area contributed by atoms with Crippen molar-refractivity contribution in [1.82, 2.24) is 15.5 Å². The highest BCUT2D eigenvalue weighted by Crippen LogP contribution is 2.44. The number of carbonyl (C=O) groups excluding carboxylic acids is 3. The molecule has 1 aliphatic heterocycles. The van der Waals surface area contributed by atoms with Gasteiger partial charge in [0.05, 0.1) is 6.42 Å². The number of alkyl carbamates (subject to hydrolysis) is 1. The van der Waals surface area contributed by atoms with Gasteiger partial charge < -0.3 is 30.5 Å². The number of nitrogens with one attached hydrogen (secondary N) is 2. The lowest BCUT2D eigenvalue weighted by Crippen LogP contribution is -2.56. The van der Waals surface area contributed by atoms with Crippen molar-refractivity contribution in [2.45, 2.75) is 63.6 Å². The summed E-state index contributed by atoms with van der Waals surface area (Å²) in [5.41, 5.74) is 4.10. The highest BCUT2D eigenvalue weighted by Gasteiger charge is 2.40. The van der Waals surface area contributed by atoms with E-state index in [1.54, 1.807) is 6.92 Å². The molecule has 2 aliphatic rings. The van der Waals surface area contributed by atoms with Crippen LogP contribution in [0.5, 0.6) is 0 Å². The predicted molar refractivity (Wildman–Crippen MR) is 148 cm³/mol. The summed E-state index contributed by atoms with van der Waals surface area (Å²) < 4.78 is 5.50. The summed E-state index contributed by atoms with van der Waals surface area (Å²) >= 11 is 0. The van der Waals surface area contributed by atoms with E-state index in [0.717, 1.165) is 22.3 Å². The molecular formula is C30H35N3O8. The number of fused-ring (bicyclic) bond motifs is 3. The van der Waals surface area contributed by atoms with Crippen molar-refractivity contribution in [2.75, 3.05) is 13.2 Å². The molecule has 4 rings (SSSR count). The molecule has 0 unspecified atom stereocenters. The van der Waals surface area contributed by atoms with Crippen LogP contribution < -0.4 is 10.6 Å². The van der Waals surface area contributed by atoms with E-state index in [2.05, 4.69) is 10.6 Å². The molecule has 0 bridgehead atoms. The van der Waals surface area contributed by atoms with Crippen LogP contribution in [0.2, 0.25) is 0 Å². The fourth-order valence-corrected chi connectivity index (χ4v) is 5.59. The first-order valence-electron chi connectivity index (χ1n) is 13.8. The molecular weight excluding hydrogens is 530 g/mol. The average molecular weight is 566 g/mol. The monoisotopic (exact) mass is 565 g/mol. The summed E-state index contributed by atoms with van der Waals surface area (Å²) in [5.74, 6) is -4.42. The molecule has 3 amide bonds. The van der Waals surface area contributed by atoms with Gasteiger partial charge in [0.25, 0.3) is 0 Å². The highest BCUT2D eigenvalue weighted by molar-refractivity contribution is 5.95. The molecule has 1 aliphatic carbocycles. The molecule has 1 heterocycles. The van der Waals surface area contributed by atoms with E-state index >= 15 is 0 Å². The van der Waals surface area contributed by atoms with Crippen LogP contribution in [0, 0.1) is 5.92 Å². The van der Waals surface area contributed by atoms with Crippen molar-refractivity contribution in [3.63, 3.8) is 0 Å². The standard InChI is InChI=1S/C30H35N3O8/c1-3-17(2)26(29(38)39)32-27(36)24-13-8-14-33(24)28(37)23(15-25(34)35)31-30(40)41-16-22-20-11-6-4-9-18(20)19-10-5-7-12-21(19)22/h4-7,9-12,17,22-24,26H,3,8,13-16H2,1-2H3,(H,31,40)(H,32,36)(H,34,35)(H,38,39)/t17-,23-,24-,26-/m0/s1. The number of amides is 3. The molecule has 0 saturated carbocycles. The van der Waals surface area contributed by atoms with Crippen LogP contribution in [-0.4, -0.2) is 76.2 Å². The van der Waals surface area contributed by atoms with E-state index in [4.69, 9.17) is 4.74 Å². The number of hydrogen-bond acceptors (Lipinski definition) is 6. The van der Waals surface area contributed by atoms with Gasteiger partial charge in [0.15, 0.2) is 0 Å². The van der Waals surface area contributed by atoms with Crippen LogP contribution in [0.25, 0.3) is 11.1 Å². The number of carbonyl (C=O) groups is 5. The summed E-state index contributed by atoms with van der Waals surface area (Å²) in [4.78, 5) is 63.8. The van der Waals surface area contributed by atoms with Gasteiger partial charge >= 0.3 is 18.0 Å². The SMILES string of the molecule is CC[C@H](C)[C@H](NC(=O)[C@@H]1CCCN1C(=O)[C@H](CC(=O)O)NC(=O)OCC1c2ccccc2-c2ccccc21)C(=O)O. The first-order valence-corrected chi connectivity index (χ1v) is 13.8. The van der Waals surface area contributed by atoms with Gasteiger partial charge in [0.2, 0.25) is 11.8 Å². The molecule has 1 fully saturated rings. The summed E-state index contributed by atoms with van der Waals surface area (Å²) in [7, 11) is 0. The minimum absolute atomic E-state index is 0.0191. The molecule has 0 spiro atoms. The molecule has 0 aromatic heterocycles. The molecule has 11 nitrogen and oxygen atoms in total. The molecule has 218 valence electrons. The van der Waals surface area contributed by atoms with Gasteiger partial charge in [-0.05, 0) is 41.0 Å². The van der Waals surface area contributed by atoms with Gasteiger partial charge in [0, 0.05) is 12.5 Å². The second-order valence-corrected chi connectivity index (χ2v) is 10.5. The fraction of sp³-hybridized carbons (Fsp3) is 0.433. The lowest BCUT2D eigenvalue weighted by atomic mass is 9.98. The molecule has 2 aromatic rings. The first-order chi connectivity index (χ1) is 19.6. The van der Waals surface area contributed by atoms with Crippen LogP contribution in [0.3, 0.4) is 0 Å². The van der Waals surface area contributed by atoms with Crippen molar-refractivity contribution in [1.29, 1.82) is 0 Å². The Morgan fingerprint density at radius 1 is 0.976 bits per heavy atom. The van der Waals surface area contributed by atoms with Gasteiger partial charge in [-0.2, -0.15) is 0 Å². The zero-order valence-corrected chi connectivity index (χ0v) is 23.0. The Bertz CT molecular complexity index is 1280. The Balaban J connectivity index is 1.43. The van der Waals surface area contributed by atoms with Crippen molar-refractivity contribution in [2.24, 2.45) is 5.92 Å². The van der Waals surface area contributed by atoms with Crippen molar-refractivity contribution in [3.05, 3.63) is 59.7 Å². The van der Waals surface area contributed by atoms with Crippen molar-refractivity contribution < 1.29 is 38.9 Å². The Kier molecular flexibility index (Phi) is 9.26. The van der Waals surface area contributed by atoms with E-state index in [1.807, 2.05) is 55.5 Å². The van der Waals surface area contributed by atoms with E-state index in [1.165, 1.54) is 4.90 Å². The largest absolute Gasteiger partial charge is 0.481 e. The number of benzene rings is 2. The van der Waals surface area contributed by atoms with Gasteiger partial charge in [-0.1, -0.05) is 68.8 Å². The average Bonchev–Trinajstić information content (AvgIpc) is 3.56. The van der Waals surface area contributed by atoms with E-state index in [0.29, 0.717) is 12.8 Å². The first kappa shape index (κ1) is 29.6. The Labute approximate surface area is 237 Å². The van der Waals surface area contributed by atoms with Gasteiger partial charge in [-0.3, -0.25) is 14.4 Å². The highest BCUT2D eigenvalue weighted by atomic mass is 16.5. The summed E-state index contributed by atoms with van der Waals surface area (Å²) in [6.45, 7) is 3.66. The van der Waals surface area contributed by atoms with Crippen LogP contribution in [0.1, 0.15) is 56.6 Å². The topological polar surface area (TPSA) is 162 Å².